The van der Waals surface area contributed by atoms with Gasteiger partial charge in [0.05, 0.1) is 6.10 Å². The van der Waals surface area contributed by atoms with Crippen LogP contribution in [0.3, 0.4) is 0 Å². The van der Waals surface area contributed by atoms with E-state index in [1.165, 1.54) is 4.90 Å². The van der Waals surface area contributed by atoms with Gasteiger partial charge in [-0.05, 0) is 6.92 Å². The van der Waals surface area contributed by atoms with E-state index >= 15 is 0 Å². The van der Waals surface area contributed by atoms with Crippen LogP contribution >= 0.6 is 0 Å². The molecule has 0 aliphatic carbocycles. The Morgan fingerprint density at radius 3 is 2.54 bits per heavy atom. The van der Waals surface area contributed by atoms with Crippen LogP contribution in [0.1, 0.15) is 6.92 Å². The van der Waals surface area contributed by atoms with Crippen molar-refractivity contribution in [2.24, 2.45) is 0 Å². The second-order valence-electron chi connectivity index (χ2n) is 3.18. The van der Waals surface area contributed by atoms with Crippen molar-refractivity contribution in [3.63, 3.8) is 0 Å². The predicted molar refractivity (Wildman–Crippen MR) is 51.6 cm³/mol. The first kappa shape index (κ1) is 12.2. The second-order valence-corrected chi connectivity index (χ2v) is 3.18. The summed E-state index contributed by atoms with van der Waals surface area (Å²) in [7, 11) is 3.39. The van der Waals surface area contributed by atoms with Crippen LogP contribution in [-0.2, 0) is 0 Å². The summed E-state index contributed by atoms with van der Waals surface area (Å²) < 4.78 is 0. The Kier molecular flexibility index (Phi) is 6.26. The van der Waals surface area contributed by atoms with Gasteiger partial charge in [0, 0.05) is 33.7 Å². The van der Waals surface area contributed by atoms with Crippen molar-refractivity contribution in [1.29, 1.82) is 0 Å². The standard InChI is InChI=1S/C8H19N3O2/c1-7(12)6-9-4-5-10-8(13)11(2)3/h7,9,12H,4-6H2,1-3H3,(H,10,13). The molecular weight excluding hydrogens is 170 g/mol. The van der Waals surface area contributed by atoms with Crippen molar-refractivity contribution >= 4 is 6.03 Å². The molecule has 5 heteroatoms. The molecule has 0 saturated heterocycles. The lowest BCUT2D eigenvalue weighted by Gasteiger charge is -2.12. The first-order chi connectivity index (χ1) is 6.04. The van der Waals surface area contributed by atoms with E-state index in [1.807, 2.05) is 0 Å². The molecular formula is C8H19N3O2. The highest BCUT2D eigenvalue weighted by Crippen LogP contribution is 1.76. The fourth-order valence-corrected chi connectivity index (χ4v) is 0.727. The van der Waals surface area contributed by atoms with Crippen LogP contribution in [0, 0.1) is 0 Å². The molecule has 0 spiro atoms. The van der Waals surface area contributed by atoms with Crippen molar-refractivity contribution in [3.05, 3.63) is 0 Å². The molecule has 0 aromatic heterocycles. The highest BCUT2D eigenvalue weighted by molar-refractivity contribution is 5.73. The Bertz CT molecular complexity index is 148. The van der Waals surface area contributed by atoms with E-state index in [2.05, 4.69) is 10.6 Å². The molecule has 13 heavy (non-hydrogen) atoms. The third-order valence-corrected chi connectivity index (χ3v) is 1.42. The largest absolute Gasteiger partial charge is 0.392 e. The van der Waals surface area contributed by atoms with E-state index in [0.29, 0.717) is 19.6 Å². The first-order valence-corrected chi connectivity index (χ1v) is 4.38. The van der Waals surface area contributed by atoms with Gasteiger partial charge in [0.1, 0.15) is 0 Å². The zero-order chi connectivity index (χ0) is 10.3. The molecule has 0 aromatic carbocycles. The molecule has 0 aliphatic heterocycles. The minimum absolute atomic E-state index is 0.0983. The number of carbonyl (C=O) groups is 1. The molecule has 0 saturated carbocycles. The van der Waals surface area contributed by atoms with E-state index < -0.39 is 0 Å². The normalized spacial score (nSPS) is 12.3. The number of nitrogens with one attached hydrogen (secondary N) is 2. The van der Waals surface area contributed by atoms with Gasteiger partial charge in [-0.15, -0.1) is 0 Å². The van der Waals surface area contributed by atoms with Gasteiger partial charge in [-0.1, -0.05) is 0 Å². The molecule has 78 valence electrons. The van der Waals surface area contributed by atoms with Crippen molar-refractivity contribution in [2.75, 3.05) is 33.7 Å². The Hall–Kier alpha value is -0.810. The summed E-state index contributed by atoms with van der Waals surface area (Å²) in [6.45, 7) is 3.51. The number of carbonyl (C=O) groups excluding carboxylic acids is 1. The summed E-state index contributed by atoms with van der Waals surface area (Å²) in [4.78, 5) is 12.5. The lowest BCUT2D eigenvalue weighted by molar-refractivity contribution is 0.191. The third kappa shape index (κ3) is 7.55. The lowest BCUT2D eigenvalue weighted by atomic mass is 10.4. The van der Waals surface area contributed by atoms with Crippen LogP contribution < -0.4 is 10.6 Å². The highest BCUT2D eigenvalue weighted by atomic mass is 16.3. The number of aliphatic hydroxyl groups excluding tert-OH is 1. The van der Waals surface area contributed by atoms with Gasteiger partial charge < -0.3 is 20.6 Å². The van der Waals surface area contributed by atoms with Crippen LogP contribution in [-0.4, -0.2) is 55.9 Å². The average Bonchev–Trinajstić information content (AvgIpc) is 2.02. The van der Waals surface area contributed by atoms with Crippen molar-refractivity contribution in [2.45, 2.75) is 13.0 Å². The Balaban J connectivity index is 3.21. The van der Waals surface area contributed by atoms with E-state index in [4.69, 9.17) is 5.11 Å². The highest BCUT2D eigenvalue weighted by Gasteiger charge is 2.00. The Labute approximate surface area is 79.1 Å². The Morgan fingerprint density at radius 2 is 2.08 bits per heavy atom. The van der Waals surface area contributed by atoms with Crippen molar-refractivity contribution in [3.8, 4) is 0 Å². The van der Waals surface area contributed by atoms with E-state index in [9.17, 15) is 4.79 Å². The minimum atomic E-state index is -0.343. The van der Waals surface area contributed by atoms with Crippen LogP contribution in [0.25, 0.3) is 0 Å². The molecule has 0 radical (unpaired) electrons. The third-order valence-electron chi connectivity index (χ3n) is 1.42. The average molecular weight is 189 g/mol. The van der Waals surface area contributed by atoms with Gasteiger partial charge in [0.15, 0.2) is 0 Å². The van der Waals surface area contributed by atoms with Crippen molar-refractivity contribution < 1.29 is 9.90 Å². The van der Waals surface area contributed by atoms with Gasteiger partial charge in [0.2, 0.25) is 0 Å². The van der Waals surface area contributed by atoms with Gasteiger partial charge >= 0.3 is 6.03 Å². The van der Waals surface area contributed by atoms with Gasteiger partial charge in [-0.25, -0.2) is 4.79 Å². The van der Waals surface area contributed by atoms with Gasteiger partial charge in [0.25, 0.3) is 0 Å². The molecule has 0 aromatic rings. The lowest BCUT2D eigenvalue weighted by Crippen LogP contribution is -2.39. The zero-order valence-corrected chi connectivity index (χ0v) is 8.50. The first-order valence-electron chi connectivity index (χ1n) is 4.38. The molecule has 0 aliphatic rings. The summed E-state index contributed by atoms with van der Waals surface area (Å²) in [6, 6.07) is -0.0983. The molecule has 0 rings (SSSR count). The number of hydrogen-bond acceptors (Lipinski definition) is 3. The quantitative estimate of drug-likeness (QED) is 0.497. The monoisotopic (exact) mass is 189 g/mol. The fourth-order valence-electron chi connectivity index (χ4n) is 0.727. The SMILES string of the molecule is CC(O)CNCCNC(=O)N(C)C. The number of nitrogens with zero attached hydrogens (tertiary/aromatic N) is 1. The molecule has 5 nitrogen and oxygen atoms in total. The predicted octanol–water partition coefficient (Wildman–Crippen LogP) is -0.772. The van der Waals surface area contributed by atoms with E-state index in [-0.39, 0.29) is 12.1 Å². The van der Waals surface area contributed by atoms with Gasteiger partial charge in [-0.3, -0.25) is 0 Å². The maximum absolute atomic E-state index is 11.0. The smallest absolute Gasteiger partial charge is 0.316 e. The maximum atomic E-state index is 11.0. The summed E-state index contributed by atoms with van der Waals surface area (Å²) >= 11 is 0. The summed E-state index contributed by atoms with van der Waals surface area (Å²) in [5.41, 5.74) is 0. The Morgan fingerprint density at radius 1 is 1.46 bits per heavy atom. The number of urea groups is 1. The van der Waals surface area contributed by atoms with Crippen molar-refractivity contribution in [1.82, 2.24) is 15.5 Å². The van der Waals surface area contributed by atoms with E-state index in [0.717, 1.165) is 0 Å². The molecule has 1 unspecified atom stereocenters. The number of rotatable bonds is 5. The molecule has 3 N–H and O–H groups in total. The molecule has 2 amide bonds. The minimum Gasteiger partial charge on any atom is -0.392 e. The number of amides is 2. The second kappa shape index (κ2) is 6.68. The summed E-state index contributed by atoms with van der Waals surface area (Å²) in [5.74, 6) is 0. The molecule has 0 fully saturated rings. The number of hydrogen-bond donors (Lipinski definition) is 3. The number of aliphatic hydroxyl groups is 1. The zero-order valence-electron chi connectivity index (χ0n) is 8.50. The van der Waals surface area contributed by atoms with Gasteiger partial charge in [-0.2, -0.15) is 0 Å². The molecule has 1 atom stereocenters. The summed E-state index contributed by atoms with van der Waals surface area (Å²) in [5, 5.41) is 14.6. The topological polar surface area (TPSA) is 64.6 Å². The van der Waals surface area contributed by atoms with Crippen LogP contribution in [0.5, 0.6) is 0 Å². The summed E-state index contributed by atoms with van der Waals surface area (Å²) in [6.07, 6.45) is -0.343. The van der Waals surface area contributed by atoms with E-state index in [1.54, 1.807) is 21.0 Å². The van der Waals surface area contributed by atoms with Crippen LogP contribution in [0.15, 0.2) is 0 Å². The van der Waals surface area contributed by atoms with Crippen LogP contribution in [0.4, 0.5) is 4.79 Å². The maximum Gasteiger partial charge on any atom is 0.316 e. The van der Waals surface area contributed by atoms with Crippen LogP contribution in [0.2, 0.25) is 0 Å². The fraction of sp³-hybridized carbons (Fsp3) is 0.875. The molecule has 0 heterocycles. The molecule has 0 bridgehead atoms.